The molecule has 0 spiro atoms. The van der Waals surface area contributed by atoms with E-state index in [2.05, 4.69) is 439 Å². The van der Waals surface area contributed by atoms with Gasteiger partial charge in [-0.05, 0) is 198 Å². The lowest BCUT2D eigenvalue weighted by Crippen LogP contribution is -2.52. The van der Waals surface area contributed by atoms with Gasteiger partial charge in [-0.25, -0.2) is 0 Å². The quantitative estimate of drug-likeness (QED) is 0.132. The van der Waals surface area contributed by atoms with Crippen molar-refractivity contribution in [3.63, 3.8) is 0 Å². The fourth-order valence-electron chi connectivity index (χ4n) is 30.3. The topological polar surface area (TPSA) is 47.1 Å². The van der Waals surface area contributed by atoms with Gasteiger partial charge in [0.2, 0.25) is 0 Å². The zero-order chi connectivity index (χ0) is 92.4. The molecule has 30 atom stereocenters. The van der Waals surface area contributed by atoms with E-state index >= 15 is 0 Å². The first kappa shape index (κ1) is 91.4. The fraction of sp³-hybridized carbons (Fsp3) is 0.492. The Morgan fingerprint density at radius 2 is 0.450 bits per heavy atom. The maximum Gasteiger partial charge on any atom is 0.147 e. The van der Waals surface area contributed by atoms with Crippen LogP contribution in [0.5, 0.6) is 17.2 Å². The van der Waals surface area contributed by atoms with E-state index in [-0.39, 0.29) is 0 Å². The Morgan fingerprint density at radius 1 is 0.244 bits per heavy atom. The van der Waals surface area contributed by atoms with Crippen molar-refractivity contribution in [2.75, 3.05) is 76.5 Å². The number of benzene rings is 6. The lowest BCUT2D eigenvalue weighted by atomic mass is 9.83. The van der Waals surface area contributed by atoms with Crippen LogP contribution in [0, 0.1) is 127 Å². The second kappa shape index (κ2) is 34.9. The smallest absolute Gasteiger partial charge is 0.147 e. The summed E-state index contributed by atoms with van der Waals surface area (Å²) in [6.07, 6.45) is 58.9. The summed E-state index contributed by atoms with van der Waals surface area (Å²) in [5.41, 5.74) is 22.4. The summed E-state index contributed by atoms with van der Waals surface area (Å²) in [6, 6.07) is 45.1. The van der Waals surface area contributed by atoms with Crippen LogP contribution in [0.15, 0.2) is 255 Å². The molecule has 24 rings (SSSR count). The molecule has 6 fully saturated rings. The number of nitrogens with zero attached hydrogens (tertiary/aromatic N) is 6. The highest BCUT2D eigenvalue weighted by molar-refractivity contribution is 6.80. The predicted octanol–water partition coefficient (Wildman–Crippen LogP) is 27.4. The summed E-state index contributed by atoms with van der Waals surface area (Å²) in [5, 5.41) is 0. The van der Waals surface area contributed by atoms with Crippen molar-refractivity contribution >= 4 is 66.7 Å². The van der Waals surface area contributed by atoms with Gasteiger partial charge in [0.1, 0.15) is 33.7 Å². The van der Waals surface area contributed by atoms with Gasteiger partial charge in [0.15, 0.2) is 0 Å². The second-order valence-corrected chi connectivity index (χ2v) is 68.0. The molecule has 9 nitrogen and oxygen atoms in total. The van der Waals surface area contributed by atoms with Gasteiger partial charge in [0.05, 0.1) is 37.5 Å². The third-order valence-corrected chi connectivity index (χ3v) is 41.7. The Hall–Kier alpha value is -8.73. The Balaban J connectivity index is 0.000000102. The summed E-state index contributed by atoms with van der Waals surface area (Å²) >= 11 is 0. The average Bonchev–Trinajstić information content (AvgIpc) is 1.54. The zero-order valence-corrected chi connectivity index (χ0v) is 87.9. The molecule has 0 radical (unpaired) electrons. The van der Waals surface area contributed by atoms with Gasteiger partial charge in [0.25, 0.3) is 0 Å². The SMILES string of the molecule is COc1ccc2c(c1)C1C(C)C3C=CC=CC3C1N2C.COc1ccc2c(c1)C1C(C)C3C=CC=CC3C1N2C[Si](C)(C)C.COc1ccc2c(c1)C1C(C)C3C=CC=CC3C1N2[Si](C)(C)C.Cc1ccc2c(c1)C1C(C)C3C=CC=CC3C1N2C.Cc1ccc2c(c1)C1C(C)C3C=CC=CC3C1N2C[Si](C)(C)C.Cc1ccc2c(c1)C1C(C)C3C=CC=CC3C1N2[Si](C)(C)C. The third-order valence-electron chi connectivity index (χ3n) is 35.2. The van der Waals surface area contributed by atoms with Crippen LogP contribution in [0.1, 0.15) is 127 Å². The molecule has 6 aromatic carbocycles. The monoisotopic (exact) mass is 1820 g/mol. The van der Waals surface area contributed by atoms with Crippen LogP contribution in [0.4, 0.5) is 34.1 Å². The van der Waals surface area contributed by atoms with Gasteiger partial charge >= 0.3 is 0 Å². The van der Waals surface area contributed by atoms with E-state index in [1.165, 1.54) is 79.8 Å². The van der Waals surface area contributed by atoms with Crippen molar-refractivity contribution < 1.29 is 14.2 Å². The van der Waals surface area contributed by atoms with Gasteiger partial charge in [0, 0.05) is 168 Å². The second-order valence-electron chi connectivity index (χ2n) is 47.4. The summed E-state index contributed by atoms with van der Waals surface area (Å²) in [5.74, 6) is 19.3. The Bertz CT molecular complexity index is 5710. The number of hydrogen-bond acceptors (Lipinski definition) is 9. The number of fused-ring (bicyclic) bond motifs is 30. The molecule has 18 aliphatic rings. The summed E-state index contributed by atoms with van der Waals surface area (Å²) in [4.78, 5) is 10.6. The van der Waals surface area contributed by atoms with Gasteiger partial charge in [-0.2, -0.15) is 0 Å². The van der Waals surface area contributed by atoms with Crippen molar-refractivity contribution in [3.8, 4) is 17.2 Å². The minimum atomic E-state index is -1.46. The van der Waals surface area contributed by atoms with Gasteiger partial charge in [-0.1, -0.05) is 319 Å². The predicted molar refractivity (Wildman–Crippen MR) is 568 cm³/mol. The molecule has 6 saturated carbocycles. The Kier molecular flexibility index (Phi) is 24.3. The Morgan fingerprint density at radius 3 is 0.748 bits per heavy atom. The Labute approximate surface area is 793 Å². The van der Waals surface area contributed by atoms with Crippen molar-refractivity contribution in [1.82, 2.24) is 0 Å². The van der Waals surface area contributed by atoms with Crippen molar-refractivity contribution in [2.45, 2.75) is 213 Å². The molecule has 6 aliphatic heterocycles. The van der Waals surface area contributed by atoms with Crippen LogP contribution in [-0.2, 0) is 0 Å². The van der Waals surface area contributed by atoms with E-state index in [0.29, 0.717) is 155 Å². The summed E-state index contributed by atoms with van der Waals surface area (Å²) in [6.45, 7) is 51.3. The lowest BCUT2D eigenvalue weighted by molar-refractivity contribution is 0.410. The average molecular weight is 1820 g/mol. The first-order valence-electron chi connectivity index (χ1n) is 50.5. The molecule has 13 heteroatoms. The van der Waals surface area contributed by atoms with E-state index in [9.17, 15) is 0 Å². The van der Waals surface area contributed by atoms with Crippen molar-refractivity contribution in [3.05, 3.63) is 305 Å². The molecule has 0 N–H and O–H groups in total. The normalized spacial score (nSPS) is 35.3. The van der Waals surface area contributed by atoms with Gasteiger partial charge in [-0.15, -0.1) is 0 Å². The van der Waals surface area contributed by atoms with Gasteiger partial charge in [-0.3, -0.25) is 0 Å². The van der Waals surface area contributed by atoms with Crippen molar-refractivity contribution in [1.29, 1.82) is 0 Å². The fourth-order valence-corrected chi connectivity index (χ4v) is 37.4. The molecule has 131 heavy (non-hydrogen) atoms. The minimum Gasteiger partial charge on any atom is -0.497 e. The minimum absolute atomic E-state index is 0.596. The number of ether oxygens (including phenoxy) is 3. The highest BCUT2D eigenvalue weighted by atomic mass is 28.3. The molecule has 6 heterocycles. The number of rotatable bonds is 9. The summed E-state index contributed by atoms with van der Waals surface area (Å²) < 4.78 is 22.2. The molecular weight excluding hydrogens is 1660 g/mol. The standard InChI is InChI=1S/C21H29NOSi.C21H29NSi.C20H27NOSi.C20H27NSi.C18H21NO.C18H21N/c1-14-16-8-6-7-9-17(16)21-20(14)18-12-15(23-2)10-11-19(18)22(21)13-24(3,4)5;1-14-10-11-19-18(12-14)20-15(2)16-8-6-7-9-17(16)21(20)22(19)13-23(3,4)5;1-13-15-8-6-7-9-16(15)20-19(13)17-12-14(22-2)10-11-18(17)21(20)23(3,4)5;1-13-10-11-18-17(12-13)19-14(2)15-8-6-7-9-16(15)20(19)21(18)22(3,4)5;1-11-13-6-4-5-7-14(13)18-17(11)15-10-12(20-3)8-9-16(15)19(18)2;1-11-8-9-16-15(10-11)17-12(2)13-6-4-5-7-14(13)18(17)19(16)3/h6-12,14,16-17,20-21H,13H2,1-5H3;6-12,15-17,20-21H,13H2,1-5H3;6-13,15-16,19-20H,1-5H3;6-12,14-16,19-20H,1-5H3;4-11,13-14,17-18H,1-3H3;4-10,12-14,17-18H,1-3H3. The highest BCUT2D eigenvalue weighted by Crippen LogP contribution is 2.66. The molecule has 6 aromatic rings. The molecule has 690 valence electrons. The molecule has 30 unspecified atom stereocenters. The number of likely N-dealkylation sites (N-methyl/N-ethyl adjacent to an activating group) is 2. The van der Waals surface area contributed by atoms with Crippen LogP contribution < -0.4 is 42.9 Å². The summed E-state index contributed by atoms with van der Waals surface area (Å²) in [7, 11) is 4.60. The van der Waals surface area contributed by atoms with E-state index in [0.717, 1.165) is 40.9 Å². The van der Waals surface area contributed by atoms with Crippen LogP contribution >= 0.6 is 0 Å². The molecule has 0 bridgehead atoms. The first-order valence-corrected chi connectivity index (χ1v) is 64.8. The number of allylic oxidation sites excluding steroid dienone is 18. The largest absolute Gasteiger partial charge is 0.497 e. The maximum atomic E-state index is 5.54. The van der Waals surface area contributed by atoms with Crippen LogP contribution in [-0.4, -0.2) is 117 Å². The number of methoxy groups -OCH3 is 3. The van der Waals surface area contributed by atoms with E-state index < -0.39 is 32.6 Å². The molecule has 0 amide bonds. The first-order chi connectivity index (χ1) is 62.5. The molecule has 0 aromatic heterocycles. The van der Waals surface area contributed by atoms with Crippen LogP contribution in [0.3, 0.4) is 0 Å². The number of aryl methyl sites for hydroxylation is 3. The zero-order valence-electron chi connectivity index (χ0n) is 83.9. The third kappa shape index (κ3) is 15.7. The molecular formula is C118H154N6O3Si4. The number of hydrogen-bond donors (Lipinski definition) is 0. The van der Waals surface area contributed by atoms with E-state index in [1.807, 2.05) is 0 Å². The van der Waals surface area contributed by atoms with E-state index in [4.69, 9.17) is 14.2 Å². The lowest BCUT2D eigenvalue weighted by Gasteiger charge is -2.41. The van der Waals surface area contributed by atoms with Crippen LogP contribution in [0.25, 0.3) is 0 Å². The van der Waals surface area contributed by atoms with E-state index in [1.54, 1.807) is 38.0 Å². The molecule has 12 aliphatic carbocycles. The van der Waals surface area contributed by atoms with Crippen molar-refractivity contribution in [2.24, 2.45) is 107 Å². The van der Waals surface area contributed by atoms with Crippen LogP contribution in [0.2, 0.25) is 78.6 Å². The highest BCUT2D eigenvalue weighted by Gasteiger charge is 2.62. The van der Waals surface area contributed by atoms with Gasteiger partial charge < -0.3 is 42.9 Å². The maximum absolute atomic E-state index is 5.54. The molecule has 0 saturated heterocycles. The number of anilines is 6.